The highest BCUT2D eigenvalue weighted by molar-refractivity contribution is 7.07. The molecule has 1 heterocycles. The molecule has 0 aromatic carbocycles. The monoisotopic (exact) mass is 200 g/mol. The predicted molar refractivity (Wildman–Crippen MR) is 49.0 cm³/mol. The third kappa shape index (κ3) is 3.08. The Labute approximate surface area is 78.6 Å². The highest BCUT2D eigenvalue weighted by atomic mass is 32.1. The summed E-state index contributed by atoms with van der Waals surface area (Å²) in [4.78, 5) is 11.0. The van der Waals surface area contributed by atoms with Crippen LogP contribution in [0, 0.1) is 0 Å². The van der Waals surface area contributed by atoms with E-state index >= 15 is 0 Å². The first-order valence-electron chi connectivity index (χ1n) is 3.31. The van der Waals surface area contributed by atoms with E-state index in [-0.39, 0.29) is 0 Å². The van der Waals surface area contributed by atoms with Gasteiger partial charge in [0.25, 0.3) is 0 Å². The van der Waals surface area contributed by atoms with Gasteiger partial charge in [-0.05, 0) is 11.5 Å². The van der Waals surface area contributed by atoms with Gasteiger partial charge in [0, 0.05) is 6.07 Å². The van der Waals surface area contributed by atoms with Crippen molar-refractivity contribution in [3.05, 3.63) is 10.9 Å². The fourth-order valence-corrected chi connectivity index (χ4v) is 1.16. The number of carbonyl (C=O) groups excluding carboxylic acids is 1. The molecule has 0 fully saturated rings. The number of urea groups is 1. The third-order valence-electron chi connectivity index (χ3n) is 1.08. The maximum absolute atomic E-state index is 10.2. The Morgan fingerprint density at radius 3 is 3.23 bits per heavy atom. The van der Waals surface area contributed by atoms with Gasteiger partial charge in [0.15, 0.2) is 0 Å². The van der Waals surface area contributed by atoms with Gasteiger partial charge in [-0.15, -0.1) is 0 Å². The van der Waals surface area contributed by atoms with Crippen molar-refractivity contribution in [2.75, 3.05) is 7.11 Å². The van der Waals surface area contributed by atoms with E-state index in [1.165, 1.54) is 24.9 Å². The van der Waals surface area contributed by atoms with Gasteiger partial charge >= 0.3 is 6.03 Å². The van der Waals surface area contributed by atoms with Crippen molar-refractivity contribution >= 4 is 23.8 Å². The molecule has 0 unspecified atom stereocenters. The van der Waals surface area contributed by atoms with Gasteiger partial charge in [-0.25, -0.2) is 10.2 Å². The molecule has 70 valence electrons. The van der Waals surface area contributed by atoms with Gasteiger partial charge in [0.05, 0.1) is 18.2 Å². The zero-order chi connectivity index (χ0) is 9.68. The highest BCUT2D eigenvalue weighted by Crippen LogP contribution is 2.13. The van der Waals surface area contributed by atoms with Gasteiger partial charge < -0.3 is 10.5 Å². The second kappa shape index (κ2) is 4.41. The van der Waals surface area contributed by atoms with Crippen LogP contribution in [0.2, 0.25) is 0 Å². The fourth-order valence-electron chi connectivity index (χ4n) is 0.589. The fraction of sp³-hybridized carbons (Fsp3) is 0.167. The second-order valence-electron chi connectivity index (χ2n) is 2.01. The molecule has 0 aliphatic carbocycles. The molecule has 6 nitrogen and oxygen atoms in total. The molecule has 1 rings (SSSR count). The number of carbonyl (C=O) groups is 1. The standard InChI is InChI=1S/C6H8N4O2S/c1-12-5-2-4(13-10-5)3-8-9-6(7)11/h2-3H,1H3,(H3,7,9,11)/b8-3+. The number of primary amides is 1. The average molecular weight is 200 g/mol. The molecule has 2 amide bonds. The van der Waals surface area contributed by atoms with Gasteiger partial charge in [0.2, 0.25) is 5.88 Å². The highest BCUT2D eigenvalue weighted by Gasteiger charge is 1.97. The number of nitrogens with zero attached hydrogens (tertiary/aromatic N) is 2. The van der Waals surface area contributed by atoms with E-state index in [9.17, 15) is 4.79 Å². The van der Waals surface area contributed by atoms with Gasteiger partial charge in [-0.1, -0.05) is 0 Å². The summed E-state index contributed by atoms with van der Waals surface area (Å²) in [5.41, 5.74) is 6.85. The minimum atomic E-state index is -0.701. The van der Waals surface area contributed by atoms with Gasteiger partial charge in [-0.3, -0.25) is 0 Å². The Bertz CT molecular complexity index is 322. The number of hydrazone groups is 1. The molecule has 1 aromatic rings. The Morgan fingerprint density at radius 2 is 2.69 bits per heavy atom. The van der Waals surface area contributed by atoms with Crippen molar-refractivity contribution < 1.29 is 9.53 Å². The third-order valence-corrected chi connectivity index (χ3v) is 1.79. The van der Waals surface area contributed by atoms with Crippen molar-refractivity contribution in [3.63, 3.8) is 0 Å². The normalized spacial score (nSPS) is 10.2. The van der Waals surface area contributed by atoms with Crippen LogP contribution in [0.5, 0.6) is 5.88 Å². The molecule has 0 aliphatic heterocycles. The summed E-state index contributed by atoms with van der Waals surface area (Å²) in [6, 6.07) is 0.990. The number of nitrogens with one attached hydrogen (secondary N) is 1. The van der Waals surface area contributed by atoms with Crippen LogP contribution in [0.15, 0.2) is 11.2 Å². The molecular formula is C6H8N4O2S. The van der Waals surface area contributed by atoms with E-state index in [1.54, 1.807) is 6.07 Å². The Hall–Kier alpha value is -1.63. The molecular weight excluding hydrogens is 192 g/mol. The van der Waals surface area contributed by atoms with Crippen LogP contribution in [0.3, 0.4) is 0 Å². The van der Waals surface area contributed by atoms with Gasteiger partial charge in [-0.2, -0.15) is 9.47 Å². The Kier molecular flexibility index (Phi) is 3.21. The summed E-state index contributed by atoms with van der Waals surface area (Å²) in [6.45, 7) is 0. The van der Waals surface area contributed by atoms with Crippen LogP contribution in [-0.4, -0.2) is 23.7 Å². The molecule has 1 aromatic heterocycles. The summed E-state index contributed by atoms with van der Waals surface area (Å²) < 4.78 is 8.76. The summed E-state index contributed by atoms with van der Waals surface area (Å²) in [5, 5.41) is 3.55. The number of hydrogen-bond donors (Lipinski definition) is 2. The Morgan fingerprint density at radius 1 is 1.92 bits per heavy atom. The lowest BCUT2D eigenvalue weighted by atomic mass is 10.5. The van der Waals surface area contributed by atoms with Crippen LogP contribution in [0.1, 0.15) is 4.88 Å². The summed E-state index contributed by atoms with van der Waals surface area (Å²) in [7, 11) is 1.53. The number of amides is 2. The van der Waals surface area contributed by atoms with Crippen LogP contribution in [0.4, 0.5) is 4.79 Å². The molecule has 3 N–H and O–H groups in total. The second-order valence-corrected chi connectivity index (χ2v) is 2.84. The lowest BCUT2D eigenvalue weighted by Gasteiger charge is -1.88. The smallest absolute Gasteiger partial charge is 0.332 e. The maximum Gasteiger partial charge on any atom is 0.332 e. The summed E-state index contributed by atoms with van der Waals surface area (Å²) >= 11 is 1.21. The zero-order valence-electron chi connectivity index (χ0n) is 6.85. The molecule has 13 heavy (non-hydrogen) atoms. The summed E-state index contributed by atoms with van der Waals surface area (Å²) in [6.07, 6.45) is 1.44. The van der Waals surface area contributed by atoms with E-state index in [4.69, 9.17) is 10.5 Å². The Balaban J connectivity index is 2.53. The molecule has 0 spiro atoms. The SMILES string of the molecule is COc1cc(/C=N/NC(N)=O)sn1. The number of methoxy groups -OCH3 is 1. The van der Waals surface area contributed by atoms with Crippen molar-refractivity contribution in [1.29, 1.82) is 0 Å². The zero-order valence-corrected chi connectivity index (χ0v) is 7.67. The molecule has 0 saturated heterocycles. The van der Waals surface area contributed by atoms with Crippen LogP contribution in [-0.2, 0) is 0 Å². The van der Waals surface area contributed by atoms with Crippen LogP contribution in [0.25, 0.3) is 0 Å². The first-order chi connectivity index (χ1) is 6.22. The van der Waals surface area contributed by atoms with Gasteiger partial charge in [0.1, 0.15) is 0 Å². The minimum Gasteiger partial charge on any atom is -0.480 e. The van der Waals surface area contributed by atoms with Crippen molar-refractivity contribution in [3.8, 4) is 5.88 Å². The molecule has 0 atom stereocenters. The molecule has 0 bridgehead atoms. The lowest BCUT2D eigenvalue weighted by Crippen LogP contribution is -2.24. The topological polar surface area (TPSA) is 89.6 Å². The van der Waals surface area contributed by atoms with Crippen molar-refractivity contribution in [2.24, 2.45) is 10.8 Å². The molecule has 0 radical (unpaired) electrons. The first-order valence-corrected chi connectivity index (χ1v) is 4.09. The quantitative estimate of drug-likeness (QED) is 0.537. The van der Waals surface area contributed by atoms with Crippen LogP contribution >= 0.6 is 11.5 Å². The number of aromatic nitrogens is 1. The molecule has 7 heteroatoms. The van der Waals surface area contributed by atoms with E-state index in [2.05, 4.69) is 14.9 Å². The lowest BCUT2D eigenvalue weighted by molar-refractivity contribution is 0.249. The van der Waals surface area contributed by atoms with Crippen LogP contribution < -0.4 is 15.9 Å². The maximum atomic E-state index is 10.2. The van der Waals surface area contributed by atoms with E-state index in [0.29, 0.717) is 5.88 Å². The van der Waals surface area contributed by atoms with E-state index < -0.39 is 6.03 Å². The van der Waals surface area contributed by atoms with Crippen molar-refractivity contribution in [2.45, 2.75) is 0 Å². The van der Waals surface area contributed by atoms with Crippen molar-refractivity contribution in [1.82, 2.24) is 9.80 Å². The number of ether oxygens (including phenoxy) is 1. The van der Waals surface area contributed by atoms with E-state index in [0.717, 1.165) is 4.88 Å². The number of nitrogens with two attached hydrogens (primary N) is 1. The largest absolute Gasteiger partial charge is 0.480 e. The first kappa shape index (κ1) is 9.46. The van der Waals surface area contributed by atoms with E-state index in [1.807, 2.05) is 0 Å². The molecule has 0 aliphatic rings. The summed E-state index contributed by atoms with van der Waals surface area (Å²) in [5.74, 6) is 0.519. The average Bonchev–Trinajstić information content (AvgIpc) is 2.52. The number of rotatable bonds is 3. The number of hydrogen-bond acceptors (Lipinski definition) is 5. The minimum absolute atomic E-state index is 0.519. The molecule has 0 saturated carbocycles. The predicted octanol–water partition coefficient (Wildman–Crippen LogP) is 0.154.